The van der Waals surface area contributed by atoms with Gasteiger partial charge < -0.3 is 14.4 Å². The average molecular weight is 440 g/mol. The molecule has 3 aromatic carbocycles. The zero-order valence-corrected chi connectivity index (χ0v) is 18.4. The number of amides is 1. The van der Waals surface area contributed by atoms with E-state index in [0.717, 1.165) is 33.7 Å². The lowest BCUT2D eigenvalue weighted by Gasteiger charge is -2.26. The van der Waals surface area contributed by atoms with Gasteiger partial charge in [-0.25, -0.2) is 0 Å². The third kappa shape index (κ3) is 4.13. The number of hydrogen-bond acceptors (Lipinski definition) is 4. The van der Waals surface area contributed by atoms with Gasteiger partial charge in [-0.3, -0.25) is 9.89 Å². The Morgan fingerprint density at radius 1 is 0.939 bits per heavy atom. The van der Waals surface area contributed by atoms with Crippen molar-refractivity contribution in [2.75, 3.05) is 20.3 Å². The van der Waals surface area contributed by atoms with E-state index < -0.39 is 0 Å². The molecule has 1 atom stereocenters. The highest BCUT2D eigenvalue weighted by atomic mass is 16.5. The van der Waals surface area contributed by atoms with E-state index in [9.17, 15) is 4.79 Å². The van der Waals surface area contributed by atoms with Gasteiger partial charge in [0.15, 0.2) is 0 Å². The zero-order chi connectivity index (χ0) is 22.6. The smallest absolute Gasteiger partial charge is 0.273 e. The summed E-state index contributed by atoms with van der Waals surface area (Å²) in [6, 6.07) is 27.7. The Morgan fingerprint density at radius 3 is 2.33 bits per heavy atom. The van der Waals surface area contributed by atoms with E-state index in [-0.39, 0.29) is 11.9 Å². The minimum absolute atomic E-state index is 0.0638. The van der Waals surface area contributed by atoms with Crippen LogP contribution in [0.1, 0.15) is 33.2 Å². The highest BCUT2D eigenvalue weighted by Crippen LogP contribution is 2.42. The molecule has 1 N–H and O–H groups in total. The standard InChI is InChI=1S/C27H25N3O3/c1-32-17-16-30-26(21-12-14-22(15-13-21)33-18-19-8-4-2-5-9-19)23-24(20-10-6-3-7-11-20)28-29-25(23)27(30)31/h2-15,26H,16-18H2,1H3,(H,28,29). The molecule has 0 spiro atoms. The first kappa shape index (κ1) is 21.0. The molecule has 4 aromatic rings. The number of benzene rings is 3. The molecule has 1 aliphatic heterocycles. The van der Waals surface area contributed by atoms with Crippen LogP contribution in [0.5, 0.6) is 5.75 Å². The van der Waals surface area contributed by atoms with Crippen molar-refractivity contribution in [1.82, 2.24) is 15.1 Å². The van der Waals surface area contributed by atoms with E-state index in [1.807, 2.05) is 89.8 Å². The Balaban J connectivity index is 1.46. The predicted octanol–water partition coefficient (Wildman–Crippen LogP) is 4.85. The normalized spacial score (nSPS) is 15.0. The summed E-state index contributed by atoms with van der Waals surface area (Å²) in [5, 5.41) is 7.48. The van der Waals surface area contributed by atoms with Crippen molar-refractivity contribution in [1.29, 1.82) is 0 Å². The lowest BCUT2D eigenvalue weighted by atomic mass is 9.96. The summed E-state index contributed by atoms with van der Waals surface area (Å²) >= 11 is 0. The molecule has 1 aliphatic rings. The minimum atomic E-state index is -0.250. The monoisotopic (exact) mass is 439 g/mol. The largest absolute Gasteiger partial charge is 0.489 e. The van der Waals surface area contributed by atoms with Crippen LogP contribution in [0.15, 0.2) is 84.9 Å². The van der Waals surface area contributed by atoms with E-state index >= 15 is 0 Å². The van der Waals surface area contributed by atoms with Gasteiger partial charge in [-0.15, -0.1) is 0 Å². The molecule has 0 aliphatic carbocycles. The maximum atomic E-state index is 13.2. The molecule has 0 fully saturated rings. The summed E-state index contributed by atoms with van der Waals surface area (Å²) < 4.78 is 11.2. The molecule has 5 rings (SSSR count). The molecule has 1 aromatic heterocycles. The molecule has 0 saturated heterocycles. The van der Waals surface area contributed by atoms with Gasteiger partial charge in [0.2, 0.25) is 0 Å². The van der Waals surface area contributed by atoms with Gasteiger partial charge in [0.05, 0.1) is 18.3 Å². The Morgan fingerprint density at radius 2 is 1.64 bits per heavy atom. The van der Waals surface area contributed by atoms with Gasteiger partial charge in [-0.2, -0.15) is 5.10 Å². The zero-order valence-electron chi connectivity index (χ0n) is 18.4. The summed E-state index contributed by atoms with van der Waals surface area (Å²) in [4.78, 5) is 15.1. The van der Waals surface area contributed by atoms with Crippen molar-refractivity contribution in [3.63, 3.8) is 0 Å². The second kappa shape index (κ2) is 9.30. The Hall–Kier alpha value is -3.90. The molecule has 33 heavy (non-hydrogen) atoms. The first-order valence-corrected chi connectivity index (χ1v) is 11.0. The maximum absolute atomic E-state index is 13.2. The molecular weight excluding hydrogens is 414 g/mol. The highest BCUT2D eigenvalue weighted by Gasteiger charge is 2.41. The number of carbonyl (C=O) groups is 1. The fourth-order valence-electron chi connectivity index (χ4n) is 4.27. The van der Waals surface area contributed by atoms with E-state index in [2.05, 4.69) is 10.2 Å². The highest BCUT2D eigenvalue weighted by molar-refractivity contribution is 6.00. The van der Waals surface area contributed by atoms with Crippen molar-refractivity contribution in [2.24, 2.45) is 0 Å². The van der Waals surface area contributed by atoms with Crippen molar-refractivity contribution in [2.45, 2.75) is 12.6 Å². The van der Waals surface area contributed by atoms with E-state index in [0.29, 0.717) is 25.5 Å². The second-order valence-corrected chi connectivity index (χ2v) is 7.96. The summed E-state index contributed by atoms with van der Waals surface area (Å²) in [7, 11) is 1.64. The fraction of sp³-hybridized carbons (Fsp3) is 0.185. The summed E-state index contributed by atoms with van der Waals surface area (Å²) in [5.74, 6) is 0.720. The van der Waals surface area contributed by atoms with Crippen LogP contribution in [0, 0.1) is 0 Å². The number of fused-ring (bicyclic) bond motifs is 1. The van der Waals surface area contributed by atoms with Crippen LogP contribution in [-0.2, 0) is 11.3 Å². The number of nitrogens with zero attached hydrogens (tertiary/aromatic N) is 2. The SMILES string of the molecule is COCCN1C(=O)c2[nH]nc(-c3ccccc3)c2C1c1ccc(OCc2ccccc2)cc1. The van der Waals surface area contributed by atoms with Crippen LogP contribution in [0.3, 0.4) is 0 Å². The first-order valence-electron chi connectivity index (χ1n) is 11.0. The number of ether oxygens (including phenoxy) is 2. The number of hydrogen-bond donors (Lipinski definition) is 1. The van der Waals surface area contributed by atoms with Crippen LogP contribution in [0.25, 0.3) is 11.3 Å². The number of nitrogens with one attached hydrogen (secondary N) is 1. The van der Waals surface area contributed by atoms with Gasteiger partial charge in [0.1, 0.15) is 18.1 Å². The van der Waals surface area contributed by atoms with Crippen LogP contribution in [-0.4, -0.2) is 41.3 Å². The Labute approximate surface area is 192 Å². The van der Waals surface area contributed by atoms with Gasteiger partial charge >= 0.3 is 0 Å². The van der Waals surface area contributed by atoms with Gasteiger partial charge in [0.25, 0.3) is 5.91 Å². The molecular formula is C27H25N3O3. The molecule has 166 valence electrons. The van der Waals surface area contributed by atoms with E-state index in [4.69, 9.17) is 9.47 Å². The Kier molecular flexibility index (Phi) is 5.91. The summed E-state index contributed by atoms with van der Waals surface area (Å²) in [6.45, 7) is 1.45. The van der Waals surface area contributed by atoms with E-state index in [1.165, 1.54) is 0 Å². The molecule has 6 heteroatoms. The molecule has 2 heterocycles. The number of H-pyrrole nitrogens is 1. The third-order valence-corrected chi connectivity index (χ3v) is 5.89. The van der Waals surface area contributed by atoms with Crippen molar-refractivity contribution in [3.8, 4) is 17.0 Å². The lowest BCUT2D eigenvalue weighted by molar-refractivity contribution is 0.0677. The van der Waals surface area contributed by atoms with Crippen molar-refractivity contribution in [3.05, 3.63) is 107 Å². The number of rotatable bonds is 8. The number of aromatic amines is 1. The summed E-state index contributed by atoms with van der Waals surface area (Å²) in [5.41, 5.74) is 5.34. The third-order valence-electron chi connectivity index (χ3n) is 5.89. The maximum Gasteiger partial charge on any atom is 0.273 e. The van der Waals surface area contributed by atoms with Gasteiger partial charge in [0, 0.05) is 24.8 Å². The number of aromatic nitrogens is 2. The summed E-state index contributed by atoms with van der Waals surface area (Å²) in [6.07, 6.45) is 0. The van der Waals surface area contributed by atoms with E-state index in [1.54, 1.807) is 7.11 Å². The van der Waals surface area contributed by atoms with Gasteiger partial charge in [-0.05, 0) is 23.3 Å². The topological polar surface area (TPSA) is 67.5 Å². The average Bonchev–Trinajstić information content (AvgIpc) is 3.42. The Bertz CT molecular complexity index is 1220. The molecule has 1 unspecified atom stereocenters. The molecule has 0 radical (unpaired) electrons. The van der Waals surface area contributed by atoms with Crippen molar-refractivity contribution < 1.29 is 14.3 Å². The van der Waals surface area contributed by atoms with Crippen LogP contribution < -0.4 is 4.74 Å². The quantitative estimate of drug-likeness (QED) is 0.426. The minimum Gasteiger partial charge on any atom is -0.489 e. The van der Waals surface area contributed by atoms with Gasteiger partial charge in [-0.1, -0.05) is 72.8 Å². The fourth-order valence-corrected chi connectivity index (χ4v) is 4.27. The van der Waals surface area contributed by atoms with Crippen molar-refractivity contribution >= 4 is 5.91 Å². The van der Waals surface area contributed by atoms with Crippen LogP contribution in [0.2, 0.25) is 0 Å². The number of methoxy groups -OCH3 is 1. The molecule has 6 nitrogen and oxygen atoms in total. The molecule has 1 amide bonds. The molecule has 0 bridgehead atoms. The predicted molar refractivity (Wildman–Crippen MR) is 126 cm³/mol. The molecule has 0 saturated carbocycles. The second-order valence-electron chi connectivity index (χ2n) is 7.96. The first-order chi connectivity index (χ1) is 16.3. The van der Waals surface area contributed by atoms with Crippen LogP contribution >= 0.6 is 0 Å². The lowest BCUT2D eigenvalue weighted by Crippen LogP contribution is -2.32. The number of carbonyl (C=O) groups excluding carboxylic acids is 1. The van der Waals surface area contributed by atoms with Crippen LogP contribution in [0.4, 0.5) is 0 Å².